The van der Waals surface area contributed by atoms with Gasteiger partial charge in [-0.15, -0.1) is 0 Å². The summed E-state index contributed by atoms with van der Waals surface area (Å²) in [4.78, 5) is 0. The van der Waals surface area contributed by atoms with Crippen molar-refractivity contribution in [3.63, 3.8) is 0 Å². The van der Waals surface area contributed by atoms with E-state index >= 15 is 0 Å². The highest BCUT2D eigenvalue weighted by Gasteiger charge is 2.20. The summed E-state index contributed by atoms with van der Waals surface area (Å²) < 4.78 is 29.1. The molecule has 0 radical (unpaired) electrons. The average Bonchev–Trinajstić information content (AvgIpc) is 2.69. The van der Waals surface area contributed by atoms with Crippen LogP contribution in [0.15, 0.2) is 30.4 Å². The molecular weight excluding hydrogens is 338 g/mol. The maximum Gasteiger partial charge on any atom is 0.166 e. The Morgan fingerprint density at radius 2 is 1.81 bits per heavy atom. The quantitative estimate of drug-likeness (QED) is 0.269. The van der Waals surface area contributed by atoms with Gasteiger partial charge in [-0.2, -0.15) is 0 Å². The van der Waals surface area contributed by atoms with Gasteiger partial charge in [-0.1, -0.05) is 69.9 Å². The SMILES string of the molecule is CCC=CCCC1CC=C(c2ccc(CCCCCCC)c(F)c2F)CC1. The van der Waals surface area contributed by atoms with E-state index in [1.807, 2.05) is 0 Å². The highest BCUT2D eigenvalue weighted by molar-refractivity contribution is 5.67. The monoisotopic (exact) mass is 374 g/mol. The molecule has 1 aliphatic carbocycles. The topological polar surface area (TPSA) is 0 Å². The molecule has 0 amide bonds. The first kappa shape index (κ1) is 21.9. The van der Waals surface area contributed by atoms with Crippen molar-refractivity contribution in [3.8, 4) is 0 Å². The van der Waals surface area contributed by atoms with Gasteiger partial charge in [-0.25, -0.2) is 8.78 Å². The molecule has 150 valence electrons. The lowest BCUT2D eigenvalue weighted by Crippen LogP contribution is -2.07. The van der Waals surface area contributed by atoms with Crippen molar-refractivity contribution in [2.24, 2.45) is 5.92 Å². The Morgan fingerprint density at radius 3 is 2.52 bits per heavy atom. The van der Waals surface area contributed by atoms with Crippen LogP contribution in [0.25, 0.3) is 5.57 Å². The second kappa shape index (κ2) is 12.1. The minimum absolute atomic E-state index is 0.478. The summed E-state index contributed by atoms with van der Waals surface area (Å²) in [6.45, 7) is 4.33. The lowest BCUT2D eigenvalue weighted by molar-refractivity contribution is 0.451. The van der Waals surface area contributed by atoms with E-state index in [1.54, 1.807) is 12.1 Å². The molecule has 27 heavy (non-hydrogen) atoms. The summed E-state index contributed by atoms with van der Waals surface area (Å²) in [6.07, 6.45) is 19.2. The number of hydrogen-bond donors (Lipinski definition) is 0. The number of benzene rings is 1. The molecule has 0 nitrogen and oxygen atoms in total. The zero-order chi connectivity index (χ0) is 19.5. The molecule has 1 unspecified atom stereocenters. The Bertz CT molecular complexity index is 627. The van der Waals surface area contributed by atoms with Crippen molar-refractivity contribution >= 4 is 5.57 Å². The van der Waals surface area contributed by atoms with Crippen LogP contribution in [0.4, 0.5) is 8.78 Å². The molecular formula is C25H36F2. The van der Waals surface area contributed by atoms with Crippen molar-refractivity contribution in [1.29, 1.82) is 0 Å². The summed E-state index contributed by atoms with van der Waals surface area (Å²) in [7, 11) is 0. The van der Waals surface area contributed by atoms with Gasteiger partial charge in [0.05, 0.1) is 0 Å². The molecule has 0 saturated heterocycles. The fourth-order valence-corrected chi connectivity index (χ4v) is 3.96. The molecule has 1 aliphatic rings. The van der Waals surface area contributed by atoms with Crippen LogP contribution in [0, 0.1) is 17.6 Å². The smallest absolute Gasteiger partial charge is 0.166 e. The van der Waals surface area contributed by atoms with Crippen LogP contribution < -0.4 is 0 Å². The van der Waals surface area contributed by atoms with Gasteiger partial charge in [0.1, 0.15) is 0 Å². The van der Waals surface area contributed by atoms with Crippen LogP contribution >= 0.6 is 0 Å². The van der Waals surface area contributed by atoms with Gasteiger partial charge in [0.2, 0.25) is 0 Å². The molecule has 0 spiro atoms. The number of aryl methyl sites for hydroxylation is 1. The number of hydrogen-bond acceptors (Lipinski definition) is 0. The summed E-state index contributed by atoms with van der Waals surface area (Å²) in [6, 6.07) is 3.60. The standard InChI is InChI=1S/C25H36F2/c1-3-5-7-9-11-13-22-18-19-23(25(27)24(22)26)21-16-14-20(15-17-21)12-10-8-6-4-2/h6,8,16,18-20H,3-5,7,9-15,17H2,1-2H3. The van der Waals surface area contributed by atoms with E-state index in [9.17, 15) is 8.78 Å². The molecule has 0 bridgehead atoms. The molecule has 1 aromatic rings. The van der Waals surface area contributed by atoms with Crippen LogP contribution in [0.5, 0.6) is 0 Å². The normalized spacial score (nSPS) is 17.5. The van der Waals surface area contributed by atoms with Crippen LogP contribution in [-0.2, 0) is 6.42 Å². The summed E-state index contributed by atoms with van der Waals surface area (Å²) in [5.74, 6) is -0.599. The molecule has 0 N–H and O–H groups in total. The first-order valence-corrected chi connectivity index (χ1v) is 11.0. The van der Waals surface area contributed by atoms with Gasteiger partial charge in [0, 0.05) is 5.56 Å². The highest BCUT2D eigenvalue weighted by atomic mass is 19.2. The van der Waals surface area contributed by atoms with Gasteiger partial charge in [0.25, 0.3) is 0 Å². The minimum Gasteiger partial charge on any atom is -0.203 e. The maximum absolute atomic E-state index is 14.6. The molecule has 2 rings (SSSR count). The highest BCUT2D eigenvalue weighted by Crippen LogP contribution is 2.34. The summed E-state index contributed by atoms with van der Waals surface area (Å²) in [5, 5.41) is 0. The van der Waals surface area contributed by atoms with E-state index in [1.165, 1.54) is 25.7 Å². The van der Waals surface area contributed by atoms with E-state index in [4.69, 9.17) is 0 Å². The third kappa shape index (κ3) is 6.90. The van der Waals surface area contributed by atoms with E-state index in [-0.39, 0.29) is 0 Å². The van der Waals surface area contributed by atoms with Gasteiger partial charge < -0.3 is 0 Å². The predicted molar refractivity (Wildman–Crippen MR) is 113 cm³/mol. The number of halogens is 2. The van der Waals surface area contributed by atoms with Gasteiger partial charge in [-0.3, -0.25) is 0 Å². The van der Waals surface area contributed by atoms with Crippen LogP contribution in [0.3, 0.4) is 0 Å². The fourth-order valence-electron chi connectivity index (χ4n) is 3.96. The molecule has 0 saturated carbocycles. The van der Waals surface area contributed by atoms with Crippen molar-refractivity contribution < 1.29 is 8.78 Å². The predicted octanol–water partition coefficient (Wildman–Crippen LogP) is 8.41. The molecule has 2 heteroatoms. The first-order valence-electron chi connectivity index (χ1n) is 11.0. The number of unbranched alkanes of at least 4 members (excludes halogenated alkanes) is 4. The van der Waals surface area contributed by atoms with Crippen LogP contribution in [-0.4, -0.2) is 0 Å². The average molecular weight is 375 g/mol. The Kier molecular flexibility index (Phi) is 9.80. The Labute approximate surface area is 164 Å². The zero-order valence-electron chi connectivity index (χ0n) is 17.2. The first-order chi connectivity index (χ1) is 13.2. The summed E-state index contributed by atoms with van der Waals surface area (Å²) >= 11 is 0. The number of allylic oxidation sites excluding steroid dienone is 4. The van der Waals surface area contributed by atoms with Gasteiger partial charge >= 0.3 is 0 Å². The van der Waals surface area contributed by atoms with Crippen LogP contribution in [0.2, 0.25) is 0 Å². The number of rotatable bonds is 11. The molecule has 0 aromatic heterocycles. The zero-order valence-corrected chi connectivity index (χ0v) is 17.2. The Balaban J connectivity index is 1.92. The maximum atomic E-state index is 14.6. The van der Waals surface area contributed by atoms with E-state index in [0.29, 0.717) is 23.5 Å². The Morgan fingerprint density at radius 1 is 1.00 bits per heavy atom. The Hall–Kier alpha value is -1.44. The fraction of sp³-hybridized carbons (Fsp3) is 0.600. The third-order valence-electron chi connectivity index (χ3n) is 5.72. The van der Waals surface area contributed by atoms with Crippen molar-refractivity contribution in [2.45, 2.75) is 90.9 Å². The molecule has 0 heterocycles. The van der Waals surface area contributed by atoms with E-state index in [2.05, 4.69) is 32.1 Å². The molecule has 0 aliphatic heterocycles. The van der Waals surface area contributed by atoms with Gasteiger partial charge in [-0.05, 0) is 68.4 Å². The lowest BCUT2D eigenvalue weighted by Gasteiger charge is -2.22. The minimum atomic E-state index is -0.642. The second-order valence-corrected chi connectivity index (χ2v) is 7.89. The summed E-state index contributed by atoms with van der Waals surface area (Å²) in [5.41, 5.74) is 2.00. The third-order valence-corrected chi connectivity index (χ3v) is 5.72. The van der Waals surface area contributed by atoms with Crippen LogP contribution in [0.1, 0.15) is 95.6 Å². The molecule has 1 atom stereocenters. The van der Waals surface area contributed by atoms with E-state index in [0.717, 1.165) is 50.5 Å². The second-order valence-electron chi connectivity index (χ2n) is 7.89. The molecule has 0 fully saturated rings. The lowest BCUT2D eigenvalue weighted by atomic mass is 9.84. The van der Waals surface area contributed by atoms with E-state index < -0.39 is 11.6 Å². The van der Waals surface area contributed by atoms with Crippen molar-refractivity contribution in [3.05, 3.63) is 53.1 Å². The van der Waals surface area contributed by atoms with Crippen molar-refractivity contribution in [2.75, 3.05) is 0 Å². The largest absolute Gasteiger partial charge is 0.203 e. The van der Waals surface area contributed by atoms with Gasteiger partial charge in [0.15, 0.2) is 11.6 Å². The van der Waals surface area contributed by atoms with Crippen molar-refractivity contribution in [1.82, 2.24) is 0 Å². The molecule has 1 aromatic carbocycles.